The summed E-state index contributed by atoms with van der Waals surface area (Å²) in [6.07, 6.45) is 1.89. The highest BCUT2D eigenvalue weighted by molar-refractivity contribution is 6.31. The minimum Gasteiger partial charge on any atom is -0.299 e. The Balaban J connectivity index is 2.01. The largest absolute Gasteiger partial charge is 0.299 e. The van der Waals surface area contributed by atoms with E-state index >= 15 is 0 Å². The normalized spacial score (nSPS) is 13.1. The van der Waals surface area contributed by atoms with E-state index in [0.29, 0.717) is 11.6 Å². The summed E-state index contributed by atoms with van der Waals surface area (Å²) in [5, 5.41) is 0.712. The number of hydrogen-bond donors (Lipinski definition) is 0. The summed E-state index contributed by atoms with van der Waals surface area (Å²) in [4.78, 5) is 9.29. The summed E-state index contributed by atoms with van der Waals surface area (Å²) in [6, 6.07) is 16.1. The molecule has 4 heteroatoms. The lowest BCUT2D eigenvalue weighted by Gasteiger charge is -2.13. The fourth-order valence-electron chi connectivity index (χ4n) is 2.90. The standard InChI is InChI=1S/C18H14ClN3/c1-12-10-20-17-11-21-18(13-5-3-2-4-6-13)15-9-14(19)7-8-16(15)22(12)17/h2-10H,11H2,1H3. The molecule has 0 N–H and O–H groups in total. The van der Waals surface area contributed by atoms with E-state index in [-0.39, 0.29) is 0 Å². The van der Waals surface area contributed by atoms with Gasteiger partial charge in [-0.25, -0.2) is 4.98 Å². The molecule has 0 unspecified atom stereocenters. The Kier molecular flexibility index (Phi) is 3.09. The highest BCUT2D eigenvalue weighted by Gasteiger charge is 2.20. The number of aryl methyl sites for hydroxylation is 1. The maximum absolute atomic E-state index is 6.24. The van der Waals surface area contributed by atoms with Crippen LogP contribution in [0.4, 0.5) is 0 Å². The van der Waals surface area contributed by atoms with E-state index in [1.807, 2.05) is 42.6 Å². The van der Waals surface area contributed by atoms with E-state index in [9.17, 15) is 0 Å². The van der Waals surface area contributed by atoms with Gasteiger partial charge in [0.2, 0.25) is 0 Å². The van der Waals surface area contributed by atoms with Crippen molar-refractivity contribution in [3.8, 4) is 5.69 Å². The molecule has 0 radical (unpaired) electrons. The Morgan fingerprint density at radius 3 is 2.73 bits per heavy atom. The zero-order valence-electron chi connectivity index (χ0n) is 12.1. The molecule has 2 aromatic carbocycles. The van der Waals surface area contributed by atoms with Crippen molar-refractivity contribution in [2.24, 2.45) is 4.99 Å². The van der Waals surface area contributed by atoms with Crippen molar-refractivity contribution in [2.75, 3.05) is 0 Å². The second-order valence-electron chi connectivity index (χ2n) is 5.34. The predicted molar refractivity (Wildman–Crippen MR) is 89.1 cm³/mol. The highest BCUT2D eigenvalue weighted by Crippen LogP contribution is 2.28. The number of rotatable bonds is 1. The zero-order chi connectivity index (χ0) is 15.1. The molecule has 0 aliphatic carbocycles. The number of hydrogen-bond acceptors (Lipinski definition) is 2. The molecule has 108 valence electrons. The molecule has 4 rings (SSSR count). The summed E-state index contributed by atoms with van der Waals surface area (Å²) in [5.41, 5.74) is 5.27. The van der Waals surface area contributed by atoms with Crippen LogP contribution in [0.5, 0.6) is 0 Å². The van der Waals surface area contributed by atoms with E-state index in [4.69, 9.17) is 16.6 Å². The zero-order valence-corrected chi connectivity index (χ0v) is 12.9. The molecule has 0 atom stereocenters. The van der Waals surface area contributed by atoms with Gasteiger partial charge >= 0.3 is 0 Å². The molecule has 2 heterocycles. The van der Waals surface area contributed by atoms with Gasteiger partial charge in [0.25, 0.3) is 0 Å². The second kappa shape index (κ2) is 5.11. The first-order valence-electron chi connectivity index (χ1n) is 7.17. The number of aliphatic imine (C=N–C) groups is 1. The Morgan fingerprint density at radius 2 is 1.91 bits per heavy atom. The lowest BCUT2D eigenvalue weighted by atomic mass is 10.0. The summed E-state index contributed by atoms with van der Waals surface area (Å²) >= 11 is 6.24. The SMILES string of the molecule is Cc1cnc2n1-c1ccc(Cl)cc1C(c1ccccc1)=NC2. The molecule has 1 aliphatic rings. The van der Waals surface area contributed by atoms with Crippen molar-refractivity contribution >= 4 is 17.3 Å². The van der Waals surface area contributed by atoms with Crippen LogP contribution in [0.3, 0.4) is 0 Å². The molecule has 0 amide bonds. The van der Waals surface area contributed by atoms with E-state index in [0.717, 1.165) is 34.0 Å². The average Bonchev–Trinajstić information content (AvgIpc) is 2.82. The average molecular weight is 308 g/mol. The number of halogens is 1. The van der Waals surface area contributed by atoms with Crippen LogP contribution in [-0.4, -0.2) is 15.3 Å². The number of nitrogens with zero attached hydrogens (tertiary/aromatic N) is 3. The molecule has 22 heavy (non-hydrogen) atoms. The van der Waals surface area contributed by atoms with Gasteiger partial charge in [-0.1, -0.05) is 41.9 Å². The van der Waals surface area contributed by atoms with Gasteiger partial charge in [0, 0.05) is 28.0 Å². The highest BCUT2D eigenvalue weighted by atomic mass is 35.5. The fraction of sp³-hybridized carbons (Fsp3) is 0.111. The molecule has 0 saturated carbocycles. The minimum absolute atomic E-state index is 0.560. The summed E-state index contributed by atoms with van der Waals surface area (Å²) in [7, 11) is 0. The third-order valence-electron chi connectivity index (χ3n) is 3.89. The van der Waals surface area contributed by atoms with Crippen LogP contribution < -0.4 is 0 Å². The van der Waals surface area contributed by atoms with Gasteiger partial charge < -0.3 is 0 Å². The number of fused-ring (bicyclic) bond motifs is 3. The molecular formula is C18H14ClN3. The van der Waals surface area contributed by atoms with Gasteiger partial charge in [0.05, 0.1) is 17.9 Å². The van der Waals surface area contributed by atoms with Crippen molar-refractivity contribution < 1.29 is 0 Å². The Bertz CT molecular complexity index is 879. The predicted octanol–water partition coefficient (Wildman–Crippen LogP) is 4.19. The number of benzene rings is 2. The Morgan fingerprint density at radius 1 is 1.09 bits per heavy atom. The van der Waals surface area contributed by atoms with Crippen molar-refractivity contribution in [1.82, 2.24) is 9.55 Å². The van der Waals surface area contributed by atoms with Gasteiger partial charge in [-0.2, -0.15) is 0 Å². The van der Waals surface area contributed by atoms with Crippen LogP contribution in [0, 0.1) is 6.92 Å². The van der Waals surface area contributed by atoms with Gasteiger partial charge in [-0.3, -0.25) is 9.56 Å². The van der Waals surface area contributed by atoms with Gasteiger partial charge in [-0.05, 0) is 25.1 Å². The van der Waals surface area contributed by atoms with Gasteiger partial charge in [0.1, 0.15) is 5.82 Å². The summed E-state index contributed by atoms with van der Waals surface area (Å²) in [5.74, 6) is 0.951. The molecule has 3 nitrogen and oxygen atoms in total. The van der Waals surface area contributed by atoms with Crippen molar-refractivity contribution in [3.05, 3.63) is 82.4 Å². The summed E-state index contributed by atoms with van der Waals surface area (Å²) < 4.78 is 2.16. The molecule has 0 bridgehead atoms. The second-order valence-corrected chi connectivity index (χ2v) is 5.78. The number of aromatic nitrogens is 2. The monoisotopic (exact) mass is 307 g/mol. The maximum atomic E-state index is 6.24. The Hall–Kier alpha value is -2.39. The first-order chi connectivity index (χ1) is 10.7. The summed E-state index contributed by atoms with van der Waals surface area (Å²) in [6.45, 7) is 2.62. The minimum atomic E-state index is 0.560. The maximum Gasteiger partial charge on any atom is 0.135 e. The van der Waals surface area contributed by atoms with E-state index in [1.165, 1.54) is 0 Å². The van der Waals surface area contributed by atoms with Crippen LogP contribution in [0.1, 0.15) is 22.6 Å². The van der Waals surface area contributed by atoms with Crippen molar-refractivity contribution in [3.63, 3.8) is 0 Å². The third kappa shape index (κ3) is 2.06. The Labute approximate surface area is 133 Å². The topological polar surface area (TPSA) is 30.2 Å². The van der Waals surface area contributed by atoms with E-state index < -0.39 is 0 Å². The quantitative estimate of drug-likeness (QED) is 0.663. The van der Waals surface area contributed by atoms with Crippen LogP contribution in [0.15, 0.2) is 59.7 Å². The van der Waals surface area contributed by atoms with Crippen LogP contribution in [0.25, 0.3) is 5.69 Å². The molecule has 0 fully saturated rings. The third-order valence-corrected chi connectivity index (χ3v) is 4.13. The van der Waals surface area contributed by atoms with Crippen molar-refractivity contribution in [1.29, 1.82) is 0 Å². The van der Waals surface area contributed by atoms with Crippen molar-refractivity contribution in [2.45, 2.75) is 13.5 Å². The van der Waals surface area contributed by atoms with E-state index in [2.05, 4.69) is 28.6 Å². The smallest absolute Gasteiger partial charge is 0.135 e. The number of imidazole rings is 1. The molecule has 0 saturated heterocycles. The van der Waals surface area contributed by atoms with Crippen LogP contribution >= 0.6 is 11.6 Å². The molecular weight excluding hydrogens is 294 g/mol. The first kappa shape index (κ1) is 13.3. The molecule has 0 spiro atoms. The molecule has 1 aromatic heterocycles. The van der Waals surface area contributed by atoms with E-state index in [1.54, 1.807) is 0 Å². The molecule has 1 aliphatic heterocycles. The molecule has 3 aromatic rings. The van der Waals surface area contributed by atoms with Gasteiger partial charge in [-0.15, -0.1) is 0 Å². The van der Waals surface area contributed by atoms with Crippen LogP contribution in [0.2, 0.25) is 5.02 Å². The van der Waals surface area contributed by atoms with Crippen LogP contribution in [-0.2, 0) is 6.54 Å². The lowest BCUT2D eigenvalue weighted by molar-refractivity contribution is 0.863. The van der Waals surface area contributed by atoms with Gasteiger partial charge in [0.15, 0.2) is 0 Å². The lowest BCUT2D eigenvalue weighted by Crippen LogP contribution is -2.08. The fourth-order valence-corrected chi connectivity index (χ4v) is 3.07. The first-order valence-corrected chi connectivity index (χ1v) is 7.55.